The van der Waals surface area contributed by atoms with Crippen LogP contribution in [0.4, 0.5) is 5.82 Å². The number of anilines is 1. The molecule has 1 aliphatic rings. The molecule has 1 atom stereocenters. The predicted molar refractivity (Wildman–Crippen MR) is 65.3 cm³/mol. The van der Waals surface area contributed by atoms with E-state index >= 15 is 0 Å². The van der Waals surface area contributed by atoms with Crippen molar-refractivity contribution in [1.82, 2.24) is 4.98 Å². The van der Waals surface area contributed by atoms with Crippen LogP contribution in [0.25, 0.3) is 0 Å². The van der Waals surface area contributed by atoms with E-state index in [0.717, 1.165) is 0 Å². The highest BCUT2D eigenvalue weighted by Crippen LogP contribution is 2.32. The lowest BCUT2D eigenvalue weighted by molar-refractivity contribution is -0.125. The van der Waals surface area contributed by atoms with Gasteiger partial charge in [-0.25, -0.2) is 9.78 Å². The standard InChI is InChI=1S/C12H15N3O3/c1-12(11(13)18)5-6-15(7-12)9-4-2-3-8(14-9)10(16)17/h2-4H,5-7H2,1H3,(H2,13,18)(H,16,17). The second-order valence-electron chi connectivity index (χ2n) is 4.78. The first-order valence-corrected chi connectivity index (χ1v) is 5.67. The van der Waals surface area contributed by atoms with Crippen LogP contribution in [-0.4, -0.2) is 35.1 Å². The Labute approximate surface area is 104 Å². The number of rotatable bonds is 3. The number of carbonyl (C=O) groups is 2. The lowest BCUT2D eigenvalue weighted by Gasteiger charge is -2.21. The SMILES string of the molecule is CC1(C(N)=O)CCN(c2cccc(C(=O)O)n2)C1. The Morgan fingerprint density at radius 1 is 1.50 bits per heavy atom. The molecule has 96 valence electrons. The highest BCUT2D eigenvalue weighted by Gasteiger charge is 2.39. The molecule has 0 saturated carbocycles. The number of primary amides is 1. The summed E-state index contributed by atoms with van der Waals surface area (Å²) in [5.41, 5.74) is 4.80. The maximum atomic E-state index is 11.4. The maximum Gasteiger partial charge on any atom is 0.354 e. The van der Waals surface area contributed by atoms with Gasteiger partial charge < -0.3 is 15.7 Å². The number of pyridine rings is 1. The molecule has 0 aliphatic carbocycles. The Morgan fingerprint density at radius 2 is 2.22 bits per heavy atom. The summed E-state index contributed by atoms with van der Waals surface area (Å²) in [7, 11) is 0. The molecule has 1 aromatic rings. The number of hydrogen-bond donors (Lipinski definition) is 2. The second-order valence-corrected chi connectivity index (χ2v) is 4.78. The zero-order valence-electron chi connectivity index (χ0n) is 10.1. The van der Waals surface area contributed by atoms with Gasteiger partial charge in [0.15, 0.2) is 5.69 Å². The van der Waals surface area contributed by atoms with Gasteiger partial charge in [0.05, 0.1) is 5.41 Å². The number of amides is 1. The van der Waals surface area contributed by atoms with Crippen LogP contribution < -0.4 is 10.6 Å². The molecule has 1 aliphatic heterocycles. The monoisotopic (exact) mass is 249 g/mol. The van der Waals surface area contributed by atoms with Crippen molar-refractivity contribution in [2.24, 2.45) is 11.1 Å². The van der Waals surface area contributed by atoms with Gasteiger partial charge >= 0.3 is 5.97 Å². The molecule has 0 spiro atoms. The van der Waals surface area contributed by atoms with E-state index in [1.165, 1.54) is 6.07 Å². The van der Waals surface area contributed by atoms with Crippen LogP contribution in [-0.2, 0) is 4.79 Å². The van der Waals surface area contributed by atoms with Crippen LogP contribution in [0.5, 0.6) is 0 Å². The fourth-order valence-corrected chi connectivity index (χ4v) is 2.08. The van der Waals surface area contributed by atoms with Crippen LogP contribution in [0.15, 0.2) is 18.2 Å². The Kier molecular flexibility index (Phi) is 2.94. The zero-order chi connectivity index (χ0) is 13.3. The van der Waals surface area contributed by atoms with Crippen molar-refractivity contribution in [3.63, 3.8) is 0 Å². The lowest BCUT2D eigenvalue weighted by Crippen LogP contribution is -2.37. The summed E-state index contributed by atoms with van der Waals surface area (Å²) in [6.45, 7) is 2.93. The van der Waals surface area contributed by atoms with Gasteiger partial charge in [-0.15, -0.1) is 0 Å². The van der Waals surface area contributed by atoms with Crippen LogP contribution in [0.1, 0.15) is 23.8 Å². The van der Waals surface area contributed by atoms with Gasteiger partial charge in [0.25, 0.3) is 0 Å². The summed E-state index contributed by atoms with van der Waals surface area (Å²) in [6, 6.07) is 4.82. The van der Waals surface area contributed by atoms with E-state index < -0.39 is 11.4 Å². The average Bonchev–Trinajstić information content (AvgIpc) is 2.73. The average molecular weight is 249 g/mol. The molecule has 1 fully saturated rings. The van der Waals surface area contributed by atoms with Crippen molar-refractivity contribution >= 4 is 17.7 Å². The quantitative estimate of drug-likeness (QED) is 0.812. The number of carboxylic acid groups (broad SMARTS) is 1. The van der Waals surface area contributed by atoms with Crippen LogP contribution in [0.3, 0.4) is 0 Å². The first kappa shape index (κ1) is 12.3. The molecule has 1 unspecified atom stereocenters. The fraction of sp³-hybridized carbons (Fsp3) is 0.417. The molecule has 0 aromatic carbocycles. The number of nitrogens with zero attached hydrogens (tertiary/aromatic N) is 2. The van der Waals surface area contributed by atoms with E-state index in [0.29, 0.717) is 25.3 Å². The summed E-state index contributed by atoms with van der Waals surface area (Å²) in [5, 5.41) is 8.89. The minimum absolute atomic E-state index is 0.000165. The number of aromatic carboxylic acids is 1. The molecule has 2 rings (SSSR count). The fourth-order valence-electron chi connectivity index (χ4n) is 2.08. The Balaban J connectivity index is 2.22. The molecule has 0 radical (unpaired) electrons. The van der Waals surface area contributed by atoms with Crippen molar-refractivity contribution in [2.45, 2.75) is 13.3 Å². The molecule has 1 amide bonds. The van der Waals surface area contributed by atoms with Gasteiger partial charge in [0.2, 0.25) is 5.91 Å². The Hall–Kier alpha value is -2.11. The Morgan fingerprint density at radius 3 is 2.78 bits per heavy atom. The first-order chi connectivity index (χ1) is 8.42. The van der Waals surface area contributed by atoms with Gasteiger partial charge in [0, 0.05) is 13.1 Å². The molecular weight excluding hydrogens is 234 g/mol. The summed E-state index contributed by atoms with van der Waals surface area (Å²) in [6.07, 6.45) is 0.654. The summed E-state index contributed by atoms with van der Waals surface area (Å²) >= 11 is 0. The van der Waals surface area contributed by atoms with Crippen molar-refractivity contribution < 1.29 is 14.7 Å². The number of carboxylic acids is 1. The van der Waals surface area contributed by atoms with Gasteiger partial charge in [-0.1, -0.05) is 6.07 Å². The highest BCUT2D eigenvalue weighted by molar-refractivity contribution is 5.86. The second kappa shape index (κ2) is 4.29. The van der Waals surface area contributed by atoms with Crippen molar-refractivity contribution in [1.29, 1.82) is 0 Å². The molecule has 6 nitrogen and oxygen atoms in total. The third kappa shape index (κ3) is 2.13. The van der Waals surface area contributed by atoms with Crippen molar-refractivity contribution in [2.75, 3.05) is 18.0 Å². The van der Waals surface area contributed by atoms with E-state index in [-0.39, 0.29) is 11.6 Å². The molecule has 2 heterocycles. The van der Waals surface area contributed by atoms with E-state index in [1.807, 2.05) is 11.8 Å². The van der Waals surface area contributed by atoms with E-state index in [2.05, 4.69) is 4.98 Å². The predicted octanol–water partition coefficient (Wildman–Crippen LogP) is 0.481. The summed E-state index contributed by atoms with van der Waals surface area (Å²) < 4.78 is 0. The number of aromatic nitrogens is 1. The minimum atomic E-state index is -1.06. The van der Waals surface area contributed by atoms with Crippen molar-refractivity contribution in [3.8, 4) is 0 Å². The topological polar surface area (TPSA) is 96.5 Å². The highest BCUT2D eigenvalue weighted by atomic mass is 16.4. The normalized spacial score (nSPS) is 23.1. The molecule has 1 saturated heterocycles. The molecule has 18 heavy (non-hydrogen) atoms. The van der Waals surface area contributed by atoms with Gasteiger partial charge in [-0.2, -0.15) is 0 Å². The van der Waals surface area contributed by atoms with E-state index in [1.54, 1.807) is 12.1 Å². The number of hydrogen-bond acceptors (Lipinski definition) is 4. The third-order valence-electron chi connectivity index (χ3n) is 3.35. The first-order valence-electron chi connectivity index (χ1n) is 5.67. The smallest absolute Gasteiger partial charge is 0.354 e. The zero-order valence-corrected chi connectivity index (χ0v) is 10.1. The van der Waals surface area contributed by atoms with Gasteiger partial charge in [0.1, 0.15) is 5.82 Å². The number of carbonyl (C=O) groups excluding carboxylic acids is 1. The lowest BCUT2D eigenvalue weighted by atomic mass is 9.89. The molecule has 6 heteroatoms. The molecule has 0 bridgehead atoms. The minimum Gasteiger partial charge on any atom is -0.477 e. The van der Waals surface area contributed by atoms with Crippen molar-refractivity contribution in [3.05, 3.63) is 23.9 Å². The molecule has 1 aromatic heterocycles. The van der Waals surface area contributed by atoms with Crippen LogP contribution in [0, 0.1) is 5.41 Å². The largest absolute Gasteiger partial charge is 0.477 e. The van der Waals surface area contributed by atoms with Gasteiger partial charge in [-0.3, -0.25) is 4.79 Å². The molecular formula is C12H15N3O3. The van der Waals surface area contributed by atoms with E-state index in [4.69, 9.17) is 10.8 Å². The van der Waals surface area contributed by atoms with Crippen LogP contribution in [0.2, 0.25) is 0 Å². The molecule has 3 N–H and O–H groups in total. The number of nitrogens with two attached hydrogens (primary N) is 1. The summed E-state index contributed by atoms with van der Waals surface area (Å²) in [4.78, 5) is 28.1. The Bertz CT molecular complexity index is 503. The summed E-state index contributed by atoms with van der Waals surface area (Å²) in [5.74, 6) is -0.826. The van der Waals surface area contributed by atoms with Crippen LogP contribution >= 0.6 is 0 Å². The van der Waals surface area contributed by atoms with E-state index in [9.17, 15) is 9.59 Å². The van der Waals surface area contributed by atoms with Gasteiger partial charge in [-0.05, 0) is 25.5 Å². The maximum absolute atomic E-state index is 11.4. The third-order valence-corrected chi connectivity index (χ3v) is 3.35.